The average molecular weight is 317 g/mol. The average Bonchev–Trinajstić information content (AvgIpc) is 2.70. The maximum Gasteiger partial charge on any atom is 0.131 e. The van der Waals surface area contributed by atoms with E-state index in [1.54, 1.807) is 11.3 Å². The second-order valence-electron chi connectivity index (χ2n) is 2.72. The summed E-state index contributed by atoms with van der Waals surface area (Å²) in [5, 5.41) is 1.99. The Balaban J connectivity index is 1.95. The van der Waals surface area contributed by atoms with Crippen LogP contribution in [0.4, 0.5) is 0 Å². The Labute approximate surface area is 100 Å². The van der Waals surface area contributed by atoms with E-state index in [-0.39, 0.29) is 0 Å². The fourth-order valence-corrected chi connectivity index (χ4v) is 1.90. The first kappa shape index (κ1) is 9.92. The Morgan fingerprint density at radius 1 is 1.29 bits per heavy atom. The molecule has 2 aromatic rings. The van der Waals surface area contributed by atoms with Crippen molar-refractivity contribution in [3.05, 3.63) is 44.4 Å². The Kier molecular flexibility index (Phi) is 3.36. The summed E-state index contributed by atoms with van der Waals surface area (Å²) in [6.45, 7) is 0.546. The second-order valence-corrected chi connectivity index (χ2v) is 4.69. The van der Waals surface area contributed by atoms with Crippen molar-refractivity contribution in [2.24, 2.45) is 0 Å². The zero-order valence-corrected chi connectivity index (χ0v) is 10.3. The van der Waals surface area contributed by atoms with Gasteiger partial charge in [0.1, 0.15) is 12.4 Å². The van der Waals surface area contributed by atoms with Gasteiger partial charge in [-0.3, -0.25) is 0 Å². The lowest BCUT2D eigenvalue weighted by atomic mass is 10.3. The third-order valence-electron chi connectivity index (χ3n) is 1.68. The Morgan fingerprint density at radius 3 is 2.71 bits per heavy atom. The van der Waals surface area contributed by atoms with Gasteiger partial charge in [-0.1, -0.05) is 0 Å². The molecule has 0 N–H and O–H groups in total. The van der Waals surface area contributed by atoms with E-state index in [4.69, 9.17) is 4.74 Å². The molecular weight excluding hydrogens is 309 g/mol. The molecule has 0 saturated heterocycles. The number of benzene rings is 1. The van der Waals surface area contributed by atoms with Crippen molar-refractivity contribution < 1.29 is 4.74 Å². The van der Waals surface area contributed by atoms with Gasteiger partial charge in [0.05, 0.1) is 11.2 Å². The minimum absolute atomic E-state index is 0.546. The van der Waals surface area contributed by atoms with E-state index >= 15 is 0 Å². The Bertz CT molecular complexity index is 385. The van der Waals surface area contributed by atoms with Gasteiger partial charge in [0.15, 0.2) is 0 Å². The summed E-state index contributed by atoms with van der Waals surface area (Å²) in [7, 11) is 0. The highest BCUT2D eigenvalue weighted by Crippen LogP contribution is 2.15. The molecule has 2 rings (SSSR count). The Morgan fingerprint density at radius 2 is 2.07 bits per heavy atom. The second kappa shape index (κ2) is 4.75. The van der Waals surface area contributed by atoms with E-state index in [0.29, 0.717) is 6.61 Å². The smallest absolute Gasteiger partial charge is 0.131 e. The van der Waals surface area contributed by atoms with Crippen LogP contribution < -0.4 is 4.74 Å². The molecule has 0 amide bonds. The summed E-state index contributed by atoms with van der Waals surface area (Å²) in [6.07, 6.45) is 0. The predicted molar refractivity (Wildman–Crippen MR) is 65.6 cm³/mol. The minimum Gasteiger partial charge on any atom is -0.487 e. The zero-order valence-electron chi connectivity index (χ0n) is 7.31. The van der Waals surface area contributed by atoms with Crippen LogP contribution in [0.3, 0.4) is 0 Å². The van der Waals surface area contributed by atoms with Crippen LogP contribution in [0, 0.1) is 3.57 Å². The van der Waals surface area contributed by atoms with Crippen LogP contribution in [-0.4, -0.2) is 4.98 Å². The van der Waals surface area contributed by atoms with E-state index in [1.807, 2.05) is 35.2 Å². The van der Waals surface area contributed by atoms with Crippen molar-refractivity contribution in [2.75, 3.05) is 0 Å². The molecule has 0 aliphatic heterocycles. The molecule has 1 heterocycles. The molecule has 0 aliphatic carbocycles. The number of hydrogen-bond acceptors (Lipinski definition) is 3. The van der Waals surface area contributed by atoms with Crippen LogP contribution in [-0.2, 0) is 6.61 Å². The van der Waals surface area contributed by atoms with Crippen molar-refractivity contribution in [1.82, 2.24) is 4.98 Å². The largest absolute Gasteiger partial charge is 0.487 e. The number of ether oxygens (including phenoxy) is 1. The van der Waals surface area contributed by atoms with Gasteiger partial charge >= 0.3 is 0 Å². The molecule has 0 saturated carbocycles. The molecule has 14 heavy (non-hydrogen) atoms. The summed E-state index contributed by atoms with van der Waals surface area (Å²) in [5.74, 6) is 0.887. The first-order valence-electron chi connectivity index (χ1n) is 4.10. The summed E-state index contributed by atoms with van der Waals surface area (Å²) >= 11 is 3.85. The summed E-state index contributed by atoms with van der Waals surface area (Å²) < 4.78 is 6.76. The molecule has 0 bridgehead atoms. The third kappa shape index (κ3) is 2.68. The van der Waals surface area contributed by atoms with Crippen LogP contribution in [0.2, 0.25) is 0 Å². The lowest BCUT2D eigenvalue weighted by Gasteiger charge is -2.03. The standard InChI is InChI=1S/C10H8INOS/c11-8-1-3-10(4-2-8)13-5-9-6-14-7-12-9/h1-4,6-7H,5H2. The molecule has 0 unspecified atom stereocenters. The lowest BCUT2D eigenvalue weighted by molar-refractivity contribution is 0.302. The number of nitrogens with zero attached hydrogens (tertiary/aromatic N) is 1. The molecule has 1 aromatic carbocycles. The maximum absolute atomic E-state index is 5.55. The van der Waals surface area contributed by atoms with E-state index in [2.05, 4.69) is 27.6 Å². The first-order chi connectivity index (χ1) is 6.84. The highest BCUT2D eigenvalue weighted by atomic mass is 127. The predicted octanol–water partition coefficient (Wildman–Crippen LogP) is 3.33. The molecule has 0 spiro atoms. The van der Waals surface area contributed by atoms with Crippen LogP contribution in [0.5, 0.6) is 5.75 Å². The van der Waals surface area contributed by atoms with Gasteiger partial charge in [-0.15, -0.1) is 11.3 Å². The van der Waals surface area contributed by atoms with Crippen molar-refractivity contribution in [1.29, 1.82) is 0 Å². The zero-order chi connectivity index (χ0) is 9.80. The van der Waals surface area contributed by atoms with Gasteiger partial charge in [0, 0.05) is 8.95 Å². The van der Waals surface area contributed by atoms with Gasteiger partial charge in [-0.25, -0.2) is 4.98 Å². The van der Waals surface area contributed by atoms with Gasteiger partial charge in [-0.2, -0.15) is 0 Å². The normalized spacial score (nSPS) is 10.1. The van der Waals surface area contributed by atoms with Crippen LogP contribution in [0.25, 0.3) is 0 Å². The van der Waals surface area contributed by atoms with Crippen LogP contribution in [0.15, 0.2) is 35.2 Å². The van der Waals surface area contributed by atoms with E-state index in [1.165, 1.54) is 3.57 Å². The number of hydrogen-bond donors (Lipinski definition) is 0. The number of aromatic nitrogens is 1. The third-order valence-corrected chi connectivity index (χ3v) is 3.04. The van der Waals surface area contributed by atoms with Crippen LogP contribution >= 0.6 is 33.9 Å². The molecule has 0 atom stereocenters. The van der Waals surface area contributed by atoms with Gasteiger partial charge < -0.3 is 4.74 Å². The Hall–Kier alpha value is -0.620. The molecule has 4 heteroatoms. The van der Waals surface area contributed by atoms with Crippen molar-refractivity contribution in [3.63, 3.8) is 0 Å². The van der Waals surface area contributed by atoms with Gasteiger partial charge in [0.2, 0.25) is 0 Å². The van der Waals surface area contributed by atoms with Crippen molar-refractivity contribution >= 4 is 33.9 Å². The number of halogens is 1. The monoisotopic (exact) mass is 317 g/mol. The molecule has 1 aromatic heterocycles. The maximum atomic E-state index is 5.55. The number of rotatable bonds is 3. The topological polar surface area (TPSA) is 22.1 Å². The van der Waals surface area contributed by atoms with E-state index < -0.39 is 0 Å². The first-order valence-corrected chi connectivity index (χ1v) is 6.12. The molecule has 0 fully saturated rings. The van der Waals surface area contributed by atoms with Gasteiger partial charge in [-0.05, 0) is 46.9 Å². The van der Waals surface area contributed by atoms with Crippen molar-refractivity contribution in [2.45, 2.75) is 6.61 Å². The summed E-state index contributed by atoms with van der Waals surface area (Å²) in [4.78, 5) is 4.14. The van der Waals surface area contributed by atoms with Gasteiger partial charge in [0.25, 0.3) is 0 Å². The van der Waals surface area contributed by atoms with Crippen LogP contribution in [0.1, 0.15) is 5.69 Å². The highest BCUT2D eigenvalue weighted by molar-refractivity contribution is 14.1. The van der Waals surface area contributed by atoms with E-state index in [0.717, 1.165) is 11.4 Å². The fraction of sp³-hybridized carbons (Fsp3) is 0.100. The molecule has 0 aliphatic rings. The fourth-order valence-electron chi connectivity index (χ4n) is 0.997. The minimum atomic E-state index is 0.546. The summed E-state index contributed by atoms with van der Waals surface area (Å²) in [5.41, 5.74) is 2.79. The SMILES string of the molecule is Ic1ccc(OCc2cscn2)cc1. The van der Waals surface area contributed by atoms with E-state index in [9.17, 15) is 0 Å². The number of thiazole rings is 1. The summed E-state index contributed by atoms with van der Waals surface area (Å²) in [6, 6.07) is 7.98. The molecule has 0 radical (unpaired) electrons. The molecular formula is C10H8INOS. The highest BCUT2D eigenvalue weighted by Gasteiger charge is 1.96. The lowest BCUT2D eigenvalue weighted by Crippen LogP contribution is -1.94. The van der Waals surface area contributed by atoms with Crippen molar-refractivity contribution in [3.8, 4) is 5.75 Å². The molecule has 2 nitrogen and oxygen atoms in total. The molecule has 72 valence electrons. The quantitative estimate of drug-likeness (QED) is 0.810.